The first-order chi connectivity index (χ1) is 8.27. The number of hydrogen-bond acceptors (Lipinski definition) is 6. The third kappa shape index (κ3) is 3.17. The molecule has 7 nitrogen and oxygen atoms in total. The maximum Gasteiger partial charge on any atom is 0.321 e. The van der Waals surface area contributed by atoms with Crippen LogP contribution in [0.25, 0.3) is 0 Å². The molecule has 0 amide bonds. The molecule has 0 atom stereocenters. The normalized spacial score (nSPS) is 11.0. The van der Waals surface area contributed by atoms with Crippen LogP contribution in [-0.4, -0.2) is 32.2 Å². The van der Waals surface area contributed by atoms with Crippen LogP contribution in [0.1, 0.15) is 0 Å². The second kappa shape index (κ2) is 5.32. The lowest BCUT2D eigenvalue weighted by Gasteiger charge is -2.04. The summed E-state index contributed by atoms with van der Waals surface area (Å²) in [4.78, 5) is 20.2. The maximum absolute atomic E-state index is 11.8. The van der Waals surface area contributed by atoms with E-state index in [1.807, 2.05) is 0 Å². The number of benzene rings is 1. The number of nitro benzene ring substituents is 1. The van der Waals surface area contributed by atoms with E-state index in [4.69, 9.17) is 11.6 Å². The molecule has 0 spiro atoms. The minimum absolute atomic E-state index is 0.0266. The highest BCUT2D eigenvalue weighted by molar-refractivity contribution is 7.92. The zero-order valence-electron chi connectivity index (χ0n) is 9.12. The summed E-state index contributed by atoms with van der Waals surface area (Å²) in [6.07, 6.45) is 0. The molecule has 1 aromatic carbocycles. The van der Waals surface area contributed by atoms with Crippen molar-refractivity contribution in [2.45, 2.75) is 4.90 Å². The molecule has 0 aliphatic heterocycles. The number of halogens is 1. The smallest absolute Gasteiger partial charge is 0.321 e. The van der Waals surface area contributed by atoms with E-state index in [9.17, 15) is 23.3 Å². The molecule has 18 heavy (non-hydrogen) atoms. The Morgan fingerprint density at radius 2 is 2.11 bits per heavy atom. The Morgan fingerprint density at radius 1 is 1.50 bits per heavy atom. The predicted molar refractivity (Wildman–Crippen MR) is 62.2 cm³/mol. The van der Waals surface area contributed by atoms with Gasteiger partial charge in [-0.15, -0.1) is 0 Å². The van der Waals surface area contributed by atoms with Crippen molar-refractivity contribution in [3.63, 3.8) is 0 Å². The van der Waals surface area contributed by atoms with Crippen LogP contribution in [0.4, 0.5) is 5.69 Å². The van der Waals surface area contributed by atoms with Gasteiger partial charge in [-0.1, -0.05) is 11.6 Å². The van der Waals surface area contributed by atoms with Crippen LogP contribution in [0.15, 0.2) is 23.1 Å². The lowest BCUT2D eigenvalue weighted by molar-refractivity contribution is -0.387. The topological polar surface area (TPSA) is 104 Å². The van der Waals surface area contributed by atoms with Crippen LogP contribution in [0.5, 0.6) is 0 Å². The molecule has 0 aliphatic carbocycles. The highest BCUT2D eigenvalue weighted by atomic mass is 35.5. The third-order valence-corrected chi connectivity index (χ3v) is 3.85. The molecule has 98 valence electrons. The van der Waals surface area contributed by atoms with Crippen LogP contribution < -0.4 is 0 Å². The average Bonchev–Trinajstić information content (AvgIpc) is 2.27. The first kappa shape index (κ1) is 14.4. The molecule has 9 heteroatoms. The van der Waals surface area contributed by atoms with E-state index in [1.165, 1.54) is 6.07 Å². The largest absolute Gasteiger partial charge is 0.468 e. The molecule has 0 saturated heterocycles. The monoisotopic (exact) mass is 293 g/mol. The Bertz CT molecular complexity index is 597. The highest BCUT2D eigenvalue weighted by Crippen LogP contribution is 2.27. The van der Waals surface area contributed by atoms with Crippen molar-refractivity contribution in [2.24, 2.45) is 0 Å². The molecule has 1 aromatic rings. The second-order valence-electron chi connectivity index (χ2n) is 3.20. The van der Waals surface area contributed by atoms with Gasteiger partial charge in [-0.2, -0.15) is 0 Å². The number of nitrogens with zero attached hydrogens (tertiary/aromatic N) is 1. The van der Waals surface area contributed by atoms with Crippen molar-refractivity contribution in [3.05, 3.63) is 33.3 Å². The summed E-state index contributed by atoms with van der Waals surface area (Å²) >= 11 is 5.55. The Labute approximate surface area is 107 Å². The molecule has 1 rings (SSSR count). The number of carbonyl (C=O) groups excluding carboxylic acids is 1. The number of sulfone groups is 1. The molecule has 0 N–H and O–H groups in total. The number of carbonyl (C=O) groups is 1. The van der Waals surface area contributed by atoms with E-state index < -0.39 is 37.1 Å². The number of hydrogen-bond donors (Lipinski definition) is 0. The van der Waals surface area contributed by atoms with Gasteiger partial charge in [0.15, 0.2) is 15.6 Å². The molecule has 0 aromatic heterocycles. The van der Waals surface area contributed by atoms with E-state index in [0.29, 0.717) is 0 Å². The Kier molecular flexibility index (Phi) is 4.25. The van der Waals surface area contributed by atoms with E-state index in [2.05, 4.69) is 4.74 Å². The first-order valence-electron chi connectivity index (χ1n) is 4.51. The van der Waals surface area contributed by atoms with Crippen LogP contribution in [0.2, 0.25) is 5.02 Å². The summed E-state index contributed by atoms with van der Waals surface area (Å²) in [5.41, 5.74) is -0.675. The minimum atomic E-state index is -4.14. The summed E-state index contributed by atoms with van der Waals surface area (Å²) in [6, 6.07) is 3.09. The fraction of sp³-hybridized carbons (Fsp3) is 0.222. The first-order valence-corrected chi connectivity index (χ1v) is 6.54. The van der Waals surface area contributed by atoms with Gasteiger partial charge in [0, 0.05) is 11.1 Å². The summed E-state index contributed by atoms with van der Waals surface area (Å²) < 4.78 is 27.8. The maximum atomic E-state index is 11.8. The molecular formula is C9H8ClNO6S. The zero-order valence-corrected chi connectivity index (χ0v) is 10.7. The number of rotatable bonds is 4. The summed E-state index contributed by atoms with van der Waals surface area (Å²) in [5, 5.41) is 10.8. The van der Waals surface area contributed by atoms with E-state index in [0.717, 1.165) is 19.2 Å². The van der Waals surface area contributed by atoms with Gasteiger partial charge in [0.05, 0.1) is 12.0 Å². The SMILES string of the molecule is COC(=O)CS(=O)(=O)c1ccc(Cl)cc1[N+](=O)[O-]. The number of methoxy groups -OCH3 is 1. The number of nitro groups is 1. The van der Waals surface area contributed by atoms with Crippen molar-refractivity contribution in [2.75, 3.05) is 12.9 Å². The van der Waals surface area contributed by atoms with Gasteiger partial charge < -0.3 is 4.74 Å². The standard InChI is InChI=1S/C9H8ClNO6S/c1-17-9(12)5-18(15,16)8-3-2-6(10)4-7(8)11(13)14/h2-4H,5H2,1H3. The van der Waals surface area contributed by atoms with Crippen LogP contribution in [0.3, 0.4) is 0 Å². The highest BCUT2D eigenvalue weighted by Gasteiger charge is 2.28. The van der Waals surface area contributed by atoms with Crippen molar-refractivity contribution in [1.29, 1.82) is 0 Å². The van der Waals surface area contributed by atoms with Crippen LogP contribution in [0, 0.1) is 10.1 Å². The van der Waals surface area contributed by atoms with Crippen LogP contribution >= 0.6 is 11.6 Å². The van der Waals surface area contributed by atoms with Gasteiger partial charge in [-0.25, -0.2) is 8.42 Å². The van der Waals surface area contributed by atoms with Crippen LogP contribution in [-0.2, 0) is 19.4 Å². The van der Waals surface area contributed by atoms with Crippen molar-refractivity contribution in [1.82, 2.24) is 0 Å². The van der Waals surface area contributed by atoms with Gasteiger partial charge in [-0.3, -0.25) is 14.9 Å². The molecule has 0 aliphatic rings. The molecule has 0 saturated carbocycles. The number of esters is 1. The van der Waals surface area contributed by atoms with Gasteiger partial charge in [0.25, 0.3) is 5.69 Å². The van der Waals surface area contributed by atoms with E-state index in [1.54, 1.807) is 0 Å². The van der Waals surface area contributed by atoms with Gasteiger partial charge in [-0.05, 0) is 12.1 Å². The van der Waals surface area contributed by atoms with E-state index in [-0.39, 0.29) is 5.02 Å². The molecule has 0 fully saturated rings. The summed E-state index contributed by atoms with van der Waals surface area (Å²) in [7, 11) is -3.12. The quantitative estimate of drug-likeness (QED) is 0.469. The fourth-order valence-electron chi connectivity index (χ4n) is 1.19. The number of ether oxygens (including phenoxy) is 1. The van der Waals surface area contributed by atoms with E-state index >= 15 is 0 Å². The molecule has 0 unspecified atom stereocenters. The van der Waals surface area contributed by atoms with Crippen molar-refractivity contribution in [3.8, 4) is 0 Å². The summed E-state index contributed by atoms with van der Waals surface area (Å²) in [6.45, 7) is 0. The Hall–Kier alpha value is -1.67. The Balaban J connectivity index is 3.32. The molecule has 0 heterocycles. The molecular weight excluding hydrogens is 286 g/mol. The van der Waals surface area contributed by atoms with Gasteiger partial charge in [0.2, 0.25) is 0 Å². The van der Waals surface area contributed by atoms with Crippen molar-refractivity contribution < 1.29 is 22.9 Å². The predicted octanol–water partition coefficient (Wildman–Crippen LogP) is 1.19. The third-order valence-electron chi connectivity index (χ3n) is 1.99. The lowest BCUT2D eigenvalue weighted by Crippen LogP contribution is -2.18. The molecule has 0 radical (unpaired) electrons. The minimum Gasteiger partial charge on any atom is -0.468 e. The molecule has 0 bridgehead atoms. The average molecular weight is 294 g/mol. The van der Waals surface area contributed by atoms with Gasteiger partial charge >= 0.3 is 5.97 Å². The summed E-state index contributed by atoms with van der Waals surface area (Å²) in [5.74, 6) is -1.97. The fourth-order valence-corrected chi connectivity index (χ4v) is 2.67. The van der Waals surface area contributed by atoms with Gasteiger partial charge in [0.1, 0.15) is 4.90 Å². The Morgan fingerprint density at radius 3 is 2.61 bits per heavy atom. The second-order valence-corrected chi connectivity index (χ2v) is 5.60. The lowest BCUT2D eigenvalue weighted by atomic mass is 10.3. The zero-order chi connectivity index (χ0) is 13.9. The van der Waals surface area contributed by atoms with Crippen molar-refractivity contribution >= 4 is 33.1 Å².